The maximum Gasteiger partial charge on any atom is 0.250 e. The lowest BCUT2D eigenvalue weighted by Crippen LogP contribution is -2.43. The number of nitrogens with zero attached hydrogens (tertiary/aromatic N) is 1. The summed E-state index contributed by atoms with van der Waals surface area (Å²) < 4.78 is 14.5. The van der Waals surface area contributed by atoms with Crippen molar-refractivity contribution in [3.05, 3.63) is 59.2 Å². The Kier molecular flexibility index (Phi) is 5.09. The molecule has 0 bridgehead atoms. The van der Waals surface area contributed by atoms with Crippen molar-refractivity contribution < 1.29 is 9.18 Å². The Balaban J connectivity index is 1.86. The summed E-state index contributed by atoms with van der Waals surface area (Å²) in [4.78, 5) is 15.3. The second-order valence-electron chi connectivity index (χ2n) is 6.52. The first-order chi connectivity index (χ1) is 12.4. The number of hydrogen-bond acceptors (Lipinski definition) is 4. The maximum absolute atomic E-state index is 14.5. The minimum atomic E-state index is -0.778. The summed E-state index contributed by atoms with van der Waals surface area (Å²) in [6.07, 6.45) is 1.91. The Morgan fingerprint density at radius 2 is 1.88 bits per heavy atom. The van der Waals surface area contributed by atoms with E-state index in [4.69, 9.17) is 19.3 Å². The van der Waals surface area contributed by atoms with Crippen LogP contribution in [0.25, 0.3) is 0 Å². The fourth-order valence-electron chi connectivity index (χ4n) is 3.18. The summed E-state index contributed by atoms with van der Waals surface area (Å²) >= 11 is 0. The third kappa shape index (κ3) is 3.62. The smallest absolute Gasteiger partial charge is 0.250 e. The molecule has 0 aromatic heterocycles. The molecule has 1 heterocycles. The third-order valence-corrected chi connectivity index (χ3v) is 4.68. The molecule has 0 saturated carbocycles. The first-order valence-electron chi connectivity index (χ1n) is 8.44. The molecule has 1 saturated heterocycles. The second kappa shape index (κ2) is 7.29. The lowest BCUT2D eigenvalue weighted by atomic mass is 9.60. The number of aliphatic imine (C=N–C) groups is 1. The predicted molar refractivity (Wildman–Crippen MR) is 103 cm³/mol. The molecule has 2 radical (unpaired) electrons. The van der Waals surface area contributed by atoms with Crippen LogP contribution in [0.3, 0.4) is 0 Å². The van der Waals surface area contributed by atoms with E-state index >= 15 is 0 Å². The number of benzene rings is 2. The molecule has 132 valence electrons. The van der Waals surface area contributed by atoms with E-state index in [1.54, 1.807) is 12.1 Å². The van der Waals surface area contributed by atoms with Crippen molar-refractivity contribution in [2.75, 3.05) is 18.8 Å². The van der Waals surface area contributed by atoms with Gasteiger partial charge in [0.1, 0.15) is 0 Å². The molecule has 1 aliphatic heterocycles. The van der Waals surface area contributed by atoms with E-state index in [0.29, 0.717) is 12.2 Å². The normalized spacial score (nSPS) is 20.7. The molecule has 1 amide bonds. The van der Waals surface area contributed by atoms with Gasteiger partial charge in [-0.2, -0.15) is 4.39 Å². The SMILES string of the molecule is [B]C1(c2ccc(N=C(F)c3cccc(C(N)=O)c3N)cc2)CCCNC1. The van der Waals surface area contributed by atoms with Crippen molar-refractivity contribution in [3.8, 4) is 0 Å². The highest BCUT2D eigenvalue weighted by Crippen LogP contribution is 2.29. The molecule has 1 unspecified atom stereocenters. The zero-order valence-electron chi connectivity index (χ0n) is 14.3. The number of nitrogens with two attached hydrogens (primary N) is 2. The Morgan fingerprint density at radius 1 is 1.19 bits per heavy atom. The molecular weight excluding hydrogens is 330 g/mol. The van der Waals surface area contributed by atoms with E-state index in [1.807, 2.05) is 12.1 Å². The number of para-hydroxylation sites is 1. The predicted octanol–water partition coefficient (Wildman–Crippen LogP) is 2.16. The molecule has 1 aliphatic rings. The minimum Gasteiger partial charge on any atom is -0.397 e. The molecule has 0 aliphatic carbocycles. The topological polar surface area (TPSA) is 93.5 Å². The summed E-state index contributed by atoms with van der Waals surface area (Å²) in [5.41, 5.74) is 12.6. The quantitative estimate of drug-likeness (QED) is 0.448. The fourth-order valence-corrected chi connectivity index (χ4v) is 3.18. The van der Waals surface area contributed by atoms with Crippen LogP contribution in [0.1, 0.15) is 34.3 Å². The van der Waals surface area contributed by atoms with Gasteiger partial charge in [0.15, 0.2) is 0 Å². The highest BCUT2D eigenvalue weighted by atomic mass is 19.1. The van der Waals surface area contributed by atoms with Crippen LogP contribution in [0.2, 0.25) is 0 Å². The Morgan fingerprint density at radius 3 is 2.50 bits per heavy atom. The molecule has 1 fully saturated rings. The molecular formula is C19H20BFN4O. The minimum absolute atomic E-state index is 0.0212. The van der Waals surface area contributed by atoms with Crippen LogP contribution < -0.4 is 16.8 Å². The monoisotopic (exact) mass is 350 g/mol. The molecule has 5 N–H and O–H groups in total. The Bertz CT molecular complexity index is 845. The van der Waals surface area contributed by atoms with E-state index in [2.05, 4.69) is 10.3 Å². The summed E-state index contributed by atoms with van der Waals surface area (Å²) in [5.74, 6) is -1.49. The number of amides is 1. The van der Waals surface area contributed by atoms with Crippen molar-refractivity contribution in [2.45, 2.75) is 18.2 Å². The standard InChI is InChI=1S/C19H20BFN4O/c20-19(9-2-10-24-11-19)12-5-7-13(8-6-12)25-17(21)14-3-1-4-15(16(14)22)18(23)26/h1,3-8,24H,2,9-11,22H2,(H2,23,26). The summed E-state index contributed by atoms with van der Waals surface area (Å²) in [6.45, 7) is 1.68. The lowest BCUT2D eigenvalue weighted by molar-refractivity contribution is 0.100. The van der Waals surface area contributed by atoms with E-state index in [-0.39, 0.29) is 16.8 Å². The molecule has 1 atom stereocenters. The van der Waals surface area contributed by atoms with E-state index in [1.165, 1.54) is 18.2 Å². The molecule has 3 rings (SSSR count). The van der Waals surface area contributed by atoms with Gasteiger partial charge in [0, 0.05) is 0 Å². The van der Waals surface area contributed by atoms with E-state index in [0.717, 1.165) is 24.9 Å². The van der Waals surface area contributed by atoms with Gasteiger partial charge in [0.2, 0.25) is 5.97 Å². The van der Waals surface area contributed by atoms with Gasteiger partial charge >= 0.3 is 0 Å². The van der Waals surface area contributed by atoms with Gasteiger partial charge in [-0.3, -0.25) is 4.79 Å². The van der Waals surface area contributed by atoms with Crippen LogP contribution >= 0.6 is 0 Å². The summed E-state index contributed by atoms with van der Waals surface area (Å²) in [7, 11) is 6.45. The maximum atomic E-state index is 14.5. The summed E-state index contributed by atoms with van der Waals surface area (Å²) in [5, 5.41) is 2.88. The largest absolute Gasteiger partial charge is 0.397 e. The number of carbonyl (C=O) groups is 1. The second-order valence-corrected chi connectivity index (χ2v) is 6.52. The van der Waals surface area contributed by atoms with Crippen LogP contribution in [0.15, 0.2) is 47.5 Å². The highest BCUT2D eigenvalue weighted by molar-refractivity contribution is 6.16. The molecule has 0 spiro atoms. The van der Waals surface area contributed by atoms with Gasteiger partial charge in [0.25, 0.3) is 5.91 Å². The van der Waals surface area contributed by atoms with Crippen molar-refractivity contribution in [3.63, 3.8) is 0 Å². The highest BCUT2D eigenvalue weighted by Gasteiger charge is 2.27. The van der Waals surface area contributed by atoms with Gasteiger partial charge in [0.05, 0.1) is 30.3 Å². The van der Waals surface area contributed by atoms with Crippen LogP contribution in [0.5, 0.6) is 0 Å². The number of hydrogen-bond donors (Lipinski definition) is 3. The van der Waals surface area contributed by atoms with Crippen molar-refractivity contribution in [2.24, 2.45) is 10.7 Å². The Labute approximate surface area is 153 Å². The number of nitrogen functional groups attached to an aromatic ring is 1. The van der Waals surface area contributed by atoms with Crippen LogP contribution in [-0.2, 0) is 5.31 Å². The average Bonchev–Trinajstić information content (AvgIpc) is 2.62. The molecule has 2 aromatic rings. The van der Waals surface area contributed by atoms with Gasteiger partial charge in [-0.15, -0.1) is 0 Å². The Hall–Kier alpha value is -2.67. The first kappa shape index (κ1) is 18.1. The third-order valence-electron chi connectivity index (χ3n) is 4.68. The van der Waals surface area contributed by atoms with Gasteiger partial charge < -0.3 is 16.8 Å². The fraction of sp³-hybridized carbons (Fsp3) is 0.263. The van der Waals surface area contributed by atoms with Crippen molar-refractivity contribution in [1.82, 2.24) is 5.32 Å². The average molecular weight is 350 g/mol. The summed E-state index contributed by atoms with van der Waals surface area (Å²) in [6, 6.07) is 11.6. The number of piperidine rings is 1. The number of rotatable bonds is 4. The molecule has 7 heteroatoms. The van der Waals surface area contributed by atoms with Gasteiger partial charge in [-0.1, -0.05) is 18.2 Å². The first-order valence-corrected chi connectivity index (χ1v) is 8.44. The number of anilines is 1. The molecule has 5 nitrogen and oxygen atoms in total. The zero-order valence-corrected chi connectivity index (χ0v) is 14.3. The van der Waals surface area contributed by atoms with E-state index < -0.39 is 17.2 Å². The van der Waals surface area contributed by atoms with Crippen molar-refractivity contribution >= 4 is 31.1 Å². The van der Waals surface area contributed by atoms with Crippen LogP contribution in [0, 0.1) is 0 Å². The van der Waals surface area contributed by atoms with Gasteiger partial charge in [-0.05, 0) is 61.1 Å². The van der Waals surface area contributed by atoms with Crippen molar-refractivity contribution in [1.29, 1.82) is 0 Å². The van der Waals surface area contributed by atoms with Gasteiger partial charge in [-0.25, -0.2) is 4.99 Å². The number of primary amides is 1. The van der Waals surface area contributed by atoms with Crippen LogP contribution in [0.4, 0.5) is 15.8 Å². The number of nitrogens with one attached hydrogen (secondary N) is 1. The lowest BCUT2D eigenvalue weighted by Gasteiger charge is -2.35. The molecule has 26 heavy (non-hydrogen) atoms. The van der Waals surface area contributed by atoms with E-state index in [9.17, 15) is 9.18 Å². The number of halogens is 1. The van der Waals surface area contributed by atoms with Crippen LogP contribution in [-0.4, -0.2) is 32.8 Å². The molecule has 2 aromatic carbocycles. The zero-order chi connectivity index (χ0) is 18.7. The number of carbonyl (C=O) groups excluding carboxylic acids is 1.